The highest BCUT2D eigenvalue weighted by Gasteiger charge is 2.40. The number of ether oxygens (including phenoxy) is 1. The number of carbonyl (C=O) groups excluding carboxylic acids is 2. The van der Waals surface area contributed by atoms with Gasteiger partial charge in [-0.05, 0) is 6.92 Å². The number of hydrogen-bond acceptors (Lipinski definition) is 3. The molecule has 2 unspecified atom stereocenters. The lowest BCUT2D eigenvalue weighted by Gasteiger charge is -2.06. The van der Waals surface area contributed by atoms with Crippen molar-refractivity contribution in [2.24, 2.45) is 5.92 Å². The highest BCUT2D eigenvalue weighted by molar-refractivity contribution is 9.09. The zero-order valence-electron chi connectivity index (χ0n) is 6.88. The van der Waals surface area contributed by atoms with E-state index >= 15 is 0 Å². The van der Waals surface area contributed by atoms with Crippen LogP contribution in [0.4, 0.5) is 0 Å². The van der Waals surface area contributed by atoms with Gasteiger partial charge in [0.15, 0.2) is 17.7 Å². The van der Waals surface area contributed by atoms with Crippen LogP contribution in [0.3, 0.4) is 0 Å². The van der Waals surface area contributed by atoms with Gasteiger partial charge in [0, 0.05) is 24.3 Å². The van der Waals surface area contributed by atoms with Crippen molar-refractivity contribution in [3.8, 4) is 0 Å². The van der Waals surface area contributed by atoms with Gasteiger partial charge in [0.2, 0.25) is 0 Å². The summed E-state index contributed by atoms with van der Waals surface area (Å²) in [6.07, 6.45) is -0.452. The molecule has 0 amide bonds. The van der Waals surface area contributed by atoms with Crippen LogP contribution in [0.25, 0.3) is 0 Å². The van der Waals surface area contributed by atoms with Crippen LogP contribution in [0, 0.1) is 5.92 Å². The topological polar surface area (TPSA) is 43.4 Å². The van der Waals surface area contributed by atoms with Gasteiger partial charge in [-0.25, -0.2) is 0 Å². The molecule has 0 heterocycles. The second-order valence-corrected chi connectivity index (χ2v) is 3.41. The first-order valence-corrected chi connectivity index (χ1v) is 5.06. The molecule has 0 aliphatic heterocycles. The van der Waals surface area contributed by atoms with Crippen molar-refractivity contribution in [2.45, 2.75) is 19.4 Å². The molecule has 68 valence electrons. The van der Waals surface area contributed by atoms with Crippen LogP contribution in [-0.2, 0) is 14.3 Å². The largest absolute Gasteiger partial charge is 0.363 e. The summed E-state index contributed by atoms with van der Waals surface area (Å²) in [6.45, 7) is 2.19. The predicted octanol–water partition coefficient (Wildman–Crippen LogP) is 0.944. The minimum Gasteiger partial charge on any atom is -0.363 e. The Morgan fingerprint density at radius 1 is 1.58 bits per heavy atom. The van der Waals surface area contributed by atoms with Crippen LogP contribution in [-0.4, -0.2) is 29.6 Å². The van der Waals surface area contributed by atoms with Crippen molar-refractivity contribution in [2.75, 3.05) is 11.9 Å². The lowest BCUT2D eigenvalue weighted by atomic mass is 10.1. The predicted molar refractivity (Wildman–Crippen MR) is 47.3 cm³/mol. The number of hydrogen-bond donors (Lipinski definition) is 0. The first-order valence-electron chi connectivity index (χ1n) is 3.94. The second-order valence-electron chi connectivity index (χ2n) is 2.76. The Balaban J connectivity index is 2.64. The lowest BCUT2D eigenvalue weighted by Crippen LogP contribution is -2.27. The van der Waals surface area contributed by atoms with Gasteiger partial charge in [-0.1, -0.05) is 15.9 Å². The van der Waals surface area contributed by atoms with Crippen molar-refractivity contribution in [1.29, 1.82) is 0 Å². The summed E-state index contributed by atoms with van der Waals surface area (Å²) in [5.74, 6) is -0.320. The summed E-state index contributed by atoms with van der Waals surface area (Å²) in [4.78, 5) is 22.5. The van der Waals surface area contributed by atoms with Crippen molar-refractivity contribution < 1.29 is 14.3 Å². The molecule has 1 aliphatic rings. The molecule has 1 rings (SSSR count). The molecule has 0 spiro atoms. The normalized spacial score (nSPS) is 29.8. The SMILES string of the molecule is CCOC1C(=O)CC(CBr)C1=O. The Morgan fingerprint density at radius 2 is 2.25 bits per heavy atom. The molecule has 0 aromatic rings. The average molecular weight is 235 g/mol. The molecule has 0 bridgehead atoms. The smallest absolute Gasteiger partial charge is 0.174 e. The third-order valence-electron chi connectivity index (χ3n) is 1.92. The maximum absolute atomic E-state index is 11.4. The van der Waals surface area contributed by atoms with Crippen LogP contribution in [0.2, 0.25) is 0 Å². The van der Waals surface area contributed by atoms with E-state index in [1.165, 1.54) is 0 Å². The fourth-order valence-corrected chi connectivity index (χ4v) is 1.84. The van der Waals surface area contributed by atoms with E-state index in [9.17, 15) is 9.59 Å². The van der Waals surface area contributed by atoms with Crippen LogP contribution < -0.4 is 0 Å². The Hall–Kier alpha value is -0.220. The third-order valence-corrected chi connectivity index (χ3v) is 2.70. The van der Waals surface area contributed by atoms with E-state index in [1.807, 2.05) is 0 Å². The number of ketones is 2. The minimum absolute atomic E-state index is 0.0706. The molecule has 0 N–H and O–H groups in total. The minimum atomic E-state index is -0.780. The molecule has 0 aromatic carbocycles. The number of rotatable bonds is 3. The Morgan fingerprint density at radius 3 is 2.67 bits per heavy atom. The van der Waals surface area contributed by atoms with Gasteiger partial charge in [0.1, 0.15) is 0 Å². The van der Waals surface area contributed by atoms with E-state index in [4.69, 9.17) is 4.74 Å². The maximum atomic E-state index is 11.4. The van der Waals surface area contributed by atoms with E-state index < -0.39 is 6.10 Å². The van der Waals surface area contributed by atoms with E-state index in [0.29, 0.717) is 18.4 Å². The fourth-order valence-electron chi connectivity index (χ4n) is 1.30. The molecule has 0 saturated heterocycles. The molecule has 12 heavy (non-hydrogen) atoms. The number of alkyl halides is 1. The van der Waals surface area contributed by atoms with Gasteiger partial charge >= 0.3 is 0 Å². The summed E-state index contributed by atoms with van der Waals surface area (Å²) < 4.78 is 5.04. The Labute approximate surface area is 79.6 Å². The molecule has 1 saturated carbocycles. The van der Waals surface area contributed by atoms with Gasteiger partial charge in [-0.15, -0.1) is 0 Å². The Bertz CT molecular complexity index is 202. The van der Waals surface area contributed by atoms with Crippen molar-refractivity contribution in [1.82, 2.24) is 0 Å². The summed E-state index contributed by atoms with van der Waals surface area (Å²) >= 11 is 3.19. The number of halogens is 1. The second kappa shape index (κ2) is 4.14. The van der Waals surface area contributed by atoms with E-state index in [1.54, 1.807) is 6.92 Å². The molecular formula is C8H11BrO3. The van der Waals surface area contributed by atoms with Crippen LogP contribution in [0.1, 0.15) is 13.3 Å². The molecule has 0 radical (unpaired) electrons. The number of carbonyl (C=O) groups is 2. The van der Waals surface area contributed by atoms with Gasteiger partial charge < -0.3 is 4.74 Å². The van der Waals surface area contributed by atoms with Crippen LogP contribution >= 0.6 is 15.9 Å². The molecule has 0 aromatic heterocycles. The summed E-state index contributed by atoms with van der Waals surface area (Å²) in [5.41, 5.74) is 0. The zero-order valence-corrected chi connectivity index (χ0v) is 8.46. The van der Waals surface area contributed by atoms with E-state index in [2.05, 4.69) is 15.9 Å². The first kappa shape index (κ1) is 9.86. The molecule has 4 heteroatoms. The summed E-state index contributed by atoms with van der Waals surface area (Å²) in [7, 11) is 0. The lowest BCUT2D eigenvalue weighted by molar-refractivity contribution is -0.137. The highest BCUT2D eigenvalue weighted by Crippen LogP contribution is 2.22. The van der Waals surface area contributed by atoms with Gasteiger partial charge in [0.25, 0.3) is 0 Å². The first-order chi connectivity index (χ1) is 5.70. The average Bonchev–Trinajstić information content (AvgIpc) is 2.32. The standard InChI is InChI=1S/C8H11BrO3/c1-2-12-8-6(10)3-5(4-9)7(8)11/h5,8H,2-4H2,1H3. The van der Waals surface area contributed by atoms with Crippen LogP contribution in [0.5, 0.6) is 0 Å². The molecule has 1 aliphatic carbocycles. The van der Waals surface area contributed by atoms with Crippen LogP contribution in [0.15, 0.2) is 0 Å². The van der Waals surface area contributed by atoms with Gasteiger partial charge in [-0.2, -0.15) is 0 Å². The van der Waals surface area contributed by atoms with Gasteiger partial charge in [0.05, 0.1) is 0 Å². The summed E-state index contributed by atoms with van der Waals surface area (Å²) in [5, 5.41) is 0.557. The monoisotopic (exact) mass is 234 g/mol. The zero-order chi connectivity index (χ0) is 9.14. The van der Waals surface area contributed by atoms with E-state index in [-0.39, 0.29) is 17.5 Å². The maximum Gasteiger partial charge on any atom is 0.174 e. The van der Waals surface area contributed by atoms with Crippen molar-refractivity contribution in [3.05, 3.63) is 0 Å². The molecule has 2 atom stereocenters. The van der Waals surface area contributed by atoms with Crippen molar-refractivity contribution >= 4 is 27.5 Å². The molecular weight excluding hydrogens is 224 g/mol. The molecule has 1 fully saturated rings. The number of Topliss-reactive ketones (excluding diaryl/α,β-unsaturated/α-hetero) is 2. The fraction of sp³-hybridized carbons (Fsp3) is 0.750. The van der Waals surface area contributed by atoms with E-state index in [0.717, 1.165) is 0 Å². The highest BCUT2D eigenvalue weighted by atomic mass is 79.9. The summed E-state index contributed by atoms with van der Waals surface area (Å²) in [6, 6.07) is 0. The molecule has 3 nitrogen and oxygen atoms in total. The van der Waals surface area contributed by atoms with Crippen molar-refractivity contribution in [3.63, 3.8) is 0 Å². The Kier molecular flexibility index (Phi) is 3.40. The quantitative estimate of drug-likeness (QED) is 0.540. The third kappa shape index (κ3) is 1.75. The van der Waals surface area contributed by atoms with Gasteiger partial charge in [-0.3, -0.25) is 9.59 Å².